The number of anilines is 2. The first kappa shape index (κ1) is 28.1. The molecule has 0 amide bonds. The minimum atomic E-state index is -4.58. The second-order valence-electron chi connectivity index (χ2n) is 9.70. The molecule has 216 valence electrons. The third-order valence-corrected chi connectivity index (χ3v) is 7.38. The van der Waals surface area contributed by atoms with Gasteiger partial charge in [-0.3, -0.25) is 4.79 Å². The molecule has 11 heteroatoms. The van der Waals surface area contributed by atoms with Crippen LogP contribution in [0.1, 0.15) is 23.6 Å². The average Bonchev–Trinajstić information content (AvgIpc) is 3.00. The Morgan fingerprint density at radius 3 is 2.32 bits per heavy atom. The minimum absolute atomic E-state index is 0.101. The molecule has 5 rings (SSSR count). The molecule has 0 bridgehead atoms. The molecule has 3 aromatic carbocycles. The number of benzene rings is 3. The number of halogens is 3. The van der Waals surface area contributed by atoms with Crippen molar-refractivity contribution in [2.45, 2.75) is 18.6 Å². The predicted octanol–water partition coefficient (Wildman–Crippen LogP) is 5.66. The number of methoxy groups -OCH3 is 3. The van der Waals surface area contributed by atoms with Crippen molar-refractivity contribution >= 4 is 29.0 Å². The second-order valence-corrected chi connectivity index (χ2v) is 9.70. The van der Waals surface area contributed by atoms with Gasteiger partial charge in [0, 0.05) is 43.5 Å². The number of hydrogen-bond donors (Lipinski definition) is 0. The number of fused-ring (bicyclic) bond motifs is 1. The summed E-state index contributed by atoms with van der Waals surface area (Å²) >= 11 is 0. The second kappa shape index (κ2) is 11.6. The van der Waals surface area contributed by atoms with E-state index in [9.17, 15) is 18.0 Å². The van der Waals surface area contributed by atoms with Gasteiger partial charge in [-0.1, -0.05) is 24.3 Å². The molecule has 3 aromatic rings. The zero-order valence-corrected chi connectivity index (χ0v) is 23.0. The van der Waals surface area contributed by atoms with Crippen LogP contribution in [0.5, 0.6) is 11.5 Å². The van der Waals surface area contributed by atoms with E-state index in [-0.39, 0.29) is 17.9 Å². The molecule has 1 unspecified atom stereocenters. The molecule has 1 fully saturated rings. The maximum Gasteiger partial charge on any atom is 0.416 e. The molecule has 1 saturated heterocycles. The van der Waals surface area contributed by atoms with E-state index in [2.05, 4.69) is 4.90 Å². The van der Waals surface area contributed by atoms with Crippen molar-refractivity contribution in [1.82, 2.24) is 4.90 Å². The van der Waals surface area contributed by atoms with Gasteiger partial charge in [0.2, 0.25) is 5.96 Å². The topological polar surface area (TPSA) is 66.8 Å². The largest absolute Gasteiger partial charge is 0.497 e. The van der Waals surface area contributed by atoms with Crippen LogP contribution in [-0.4, -0.2) is 64.3 Å². The third-order valence-electron chi connectivity index (χ3n) is 7.38. The average molecular weight is 569 g/mol. The Morgan fingerprint density at radius 1 is 0.902 bits per heavy atom. The highest BCUT2D eigenvalue weighted by atomic mass is 19.4. The Kier molecular flexibility index (Phi) is 7.96. The molecule has 1 atom stereocenters. The van der Waals surface area contributed by atoms with E-state index in [0.717, 1.165) is 23.6 Å². The molecule has 2 aliphatic heterocycles. The van der Waals surface area contributed by atoms with Gasteiger partial charge >= 0.3 is 12.1 Å². The van der Waals surface area contributed by atoms with Gasteiger partial charge in [0.05, 0.1) is 50.7 Å². The Bertz CT molecular complexity index is 1440. The molecule has 0 N–H and O–H groups in total. The molecule has 8 nitrogen and oxygen atoms in total. The highest BCUT2D eigenvalue weighted by Gasteiger charge is 2.39. The van der Waals surface area contributed by atoms with Gasteiger partial charge in [-0.15, -0.1) is 0 Å². The van der Waals surface area contributed by atoms with Crippen LogP contribution in [-0.2, 0) is 15.7 Å². The maximum atomic E-state index is 13.9. The molecule has 41 heavy (non-hydrogen) atoms. The van der Waals surface area contributed by atoms with Gasteiger partial charge in [-0.05, 0) is 36.4 Å². The molecular weight excluding hydrogens is 537 g/mol. The zero-order chi connectivity index (χ0) is 29.1. The summed E-state index contributed by atoms with van der Waals surface area (Å²) in [4.78, 5) is 23.5. The molecule has 0 radical (unpaired) electrons. The Hall–Kier alpha value is -4.41. The van der Waals surface area contributed by atoms with Crippen LogP contribution in [0.4, 0.5) is 30.2 Å². The van der Waals surface area contributed by atoms with Gasteiger partial charge < -0.3 is 28.9 Å². The number of hydrogen-bond acceptors (Lipinski definition) is 8. The van der Waals surface area contributed by atoms with Crippen LogP contribution in [0.25, 0.3) is 0 Å². The Labute approximate surface area is 236 Å². The fraction of sp³-hybridized carbons (Fsp3) is 0.333. The summed E-state index contributed by atoms with van der Waals surface area (Å²) < 4.78 is 57.6. The van der Waals surface area contributed by atoms with Crippen molar-refractivity contribution in [3.63, 3.8) is 0 Å². The van der Waals surface area contributed by atoms with Gasteiger partial charge in [0.1, 0.15) is 11.5 Å². The fourth-order valence-electron chi connectivity index (χ4n) is 5.28. The molecular formula is C30H31F3N4O4. The molecule has 0 saturated carbocycles. The number of esters is 1. The highest BCUT2D eigenvalue weighted by Crippen LogP contribution is 2.45. The minimum Gasteiger partial charge on any atom is -0.497 e. The summed E-state index contributed by atoms with van der Waals surface area (Å²) in [5.74, 6) is 0.937. The first-order valence-electron chi connectivity index (χ1n) is 13.2. The lowest BCUT2D eigenvalue weighted by atomic mass is 9.97. The number of piperazine rings is 1. The molecule has 0 spiro atoms. The van der Waals surface area contributed by atoms with Crippen molar-refractivity contribution in [2.75, 3.05) is 57.3 Å². The quantitative estimate of drug-likeness (QED) is 0.356. The number of para-hydroxylation sites is 1. The summed E-state index contributed by atoms with van der Waals surface area (Å²) in [5, 5.41) is 0. The highest BCUT2D eigenvalue weighted by molar-refractivity contribution is 6.02. The van der Waals surface area contributed by atoms with Gasteiger partial charge in [-0.25, -0.2) is 4.99 Å². The van der Waals surface area contributed by atoms with Crippen LogP contribution in [0, 0.1) is 0 Å². The van der Waals surface area contributed by atoms with Crippen molar-refractivity contribution < 1.29 is 32.2 Å². The van der Waals surface area contributed by atoms with E-state index in [1.807, 2.05) is 53.4 Å². The Morgan fingerprint density at radius 2 is 1.63 bits per heavy atom. The Balaban J connectivity index is 1.58. The van der Waals surface area contributed by atoms with Crippen LogP contribution < -0.4 is 19.3 Å². The SMILES string of the molecule is COC(=O)CC1c2ccccc2N=C(N2CCN(c3cccc(OC)c3)CC2)N1c1cc(C(F)(F)F)ccc1OC. The van der Waals surface area contributed by atoms with Crippen molar-refractivity contribution in [1.29, 1.82) is 0 Å². The lowest BCUT2D eigenvalue weighted by Gasteiger charge is -2.45. The smallest absolute Gasteiger partial charge is 0.416 e. The fourth-order valence-corrected chi connectivity index (χ4v) is 5.28. The van der Waals surface area contributed by atoms with Gasteiger partial charge in [-0.2, -0.15) is 13.2 Å². The summed E-state index contributed by atoms with van der Waals surface area (Å²) in [6, 6.07) is 17.8. The summed E-state index contributed by atoms with van der Waals surface area (Å²) in [7, 11) is 4.32. The van der Waals surface area contributed by atoms with Gasteiger partial charge in [0.15, 0.2) is 0 Å². The number of nitrogens with zero attached hydrogens (tertiary/aromatic N) is 4. The van der Waals surface area contributed by atoms with E-state index in [1.165, 1.54) is 20.3 Å². The molecule has 2 heterocycles. The van der Waals surface area contributed by atoms with Crippen molar-refractivity contribution in [2.24, 2.45) is 4.99 Å². The lowest BCUT2D eigenvalue weighted by Crippen LogP contribution is -2.55. The first-order valence-corrected chi connectivity index (χ1v) is 13.2. The normalized spacial score (nSPS) is 17.1. The number of guanidine groups is 1. The van der Waals surface area contributed by atoms with Gasteiger partial charge in [0.25, 0.3) is 0 Å². The van der Waals surface area contributed by atoms with Crippen molar-refractivity contribution in [3.05, 3.63) is 77.9 Å². The van der Waals surface area contributed by atoms with Crippen molar-refractivity contribution in [3.8, 4) is 11.5 Å². The van der Waals surface area contributed by atoms with E-state index < -0.39 is 23.8 Å². The number of alkyl halides is 3. The molecule has 2 aliphatic rings. The van der Waals surface area contributed by atoms with Crippen LogP contribution in [0.3, 0.4) is 0 Å². The van der Waals surface area contributed by atoms with E-state index in [0.29, 0.717) is 43.4 Å². The van der Waals surface area contributed by atoms with Crippen LogP contribution >= 0.6 is 0 Å². The summed E-state index contributed by atoms with van der Waals surface area (Å²) in [6.07, 6.45) is -4.68. The third kappa shape index (κ3) is 5.75. The number of rotatable bonds is 6. The molecule has 0 aliphatic carbocycles. The van der Waals surface area contributed by atoms with E-state index in [1.54, 1.807) is 12.0 Å². The monoisotopic (exact) mass is 568 g/mol. The van der Waals surface area contributed by atoms with E-state index in [4.69, 9.17) is 19.2 Å². The standard InChI is InChI=1S/C30H31F3N4O4/c1-39-22-8-6-7-21(18-22)35-13-15-36(16-14-35)29-34-24-10-5-4-9-23(24)25(19-28(38)41-3)37(29)26-17-20(30(31,32)33)11-12-27(26)40-2/h4-12,17-18,25H,13-16,19H2,1-3H3. The van der Waals surface area contributed by atoms with Crippen LogP contribution in [0.2, 0.25) is 0 Å². The number of carbonyl (C=O) groups excluding carboxylic acids is 1. The number of ether oxygens (including phenoxy) is 3. The molecule has 0 aromatic heterocycles. The number of aliphatic imine (C=N–C) groups is 1. The zero-order valence-electron chi connectivity index (χ0n) is 23.0. The van der Waals surface area contributed by atoms with Crippen LogP contribution in [0.15, 0.2) is 71.7 Å². The lowest BCUT2D eigenvalue weighted by molar-refractivity contribution is -0.141. The number of carbonyl (C=O) groups is 1. The van der Waals surface area contributed by atoms with E-state index >= 15 is 0 Å². The predicted molar refractivity (Wildman–Crippen MR) is 150 cm³/mol. The summed E-state index contributed by atoms with van der Waals surface area (Å²) in [6.45, 7) is 2.37. The summed E-state index contributed by atoms with van der Waals surface area (Å²) in [5.41, 5.74) is 1.70. The first-order chi connectivity index (χ1) is 19.7. The maximum absolute atomic E-state index is 13.9.